The molecular weight excluding hydrogens is 1200 g/mol. The zero-order valence-electron chi connectivity index (χ0n) is 51.0. The number of nitrogens with zero attached hydrogens (tertiary/aromatic N) is 3. The first-order chi connectivity index (χ1) is 45.2. The van der Waals surface area contributed by atoms with Crippen LogP contribution in [0.1, 0.15) is 79.6 Å². The van der Waals surface area contributed by atoms with Crippen molar-refractivity contribution in [3.63, 3.8) is 0 Å². The van der Waals surface area contributed by atoms with E-state index in [1.807, 2.05) is 140 Å². The summed E-state index contributed by atoms with van der Waals surface area (Å²) in [5, 5.41) is 35.5. The fourth-order valence-corrected chi connectivity index (χ4v) is 9.85. The second kappa shape index (κ2) is 37.1. The molecule has 5 aromatic carbocycles. The van der Waals surface area contributed by atoms with Crippen molar-refractivity contribution in [3.8, 4) is 177 Å². The molecule has 0 saturated carbocycles. The largest absolute Gasteiger partial charge is 0.440 e. The highest BCUT2D eigenvalue weighted by molar-refractivity contribution is 7.09. The standard InChI is InChI=1S/C31H30N2O5S.C27H4.C21H21NO4S/c1-30(2)25(24-12-8-5-9-13-24)33(29(36)38-30)28(35)31(3,26(34)27-32-18-19-39-27)37-20-21-14-16-23(17-15-21)22-10-6-4-7-11-22;1-3-5-7-9-11-13-15-17-19-21-23-25-27-26-24-22-20-18-16-14-12-10-8-6-4-2;1-21(18(24)13-23,19(25)20-22-11-12-27-20)26-14-15-7-9-17(10-8-15)16-5-3-2-4-6-16/h4-19,25-26,34H,20H2,1-3H3;1H,2H3;2-12,19,23,25H,13-14H2,1H3/t25-,26-,31-;;19-,21+/m0.0/s1. The van der Waals surface area contributed by atoms with Crippen molar-refractivity contribution in [2.45, 2.75) is 82.9 Å². The van der Waals surface area contributed by atoms with E-state index in [0.717, 1.165) is 43.8 Å². The summed E-state index contributed by atoms with van der Waals surface area (Å²) in [7, 11) is 0. The molecule has 12 nitrogen and oxygen atoms in total. The maximum absolute atomic E-state index is 14.3. The summed E-state index contributed by atoms with van der Waals surface area (Å²) < 4.78 is 17.7. The number of terminal acetylenes is 1. The summed E-state index contributed by atoms with van der Waals surface area (Å²) in [5.41, 5.74) is 2.34. The number of benzene rings is 5. The molecule has 3 heterocycles. The summed E-state index contributed by atoms with van der Waals surface area (Å²) in [6, 6.07) is 44.1. The van der Waals surface area contributed by atoms with Crippen LogP contribution in [0.5, 0.6) is 0 Å². The number of Topliss-reactive ketones (excluding diaryl/α,β-unsaturated/α-hetero) is 1. The van der Waals surface area contributed by atoms with Gasteiger partial charge in [0.1, 0.15) is 40.5 Å². The third-order valence-electron chi connectivity index (χ3n) is 13.1. The van der Waals surface area contributed by atoms with Crippen LogP contribution in [-0.4, -0.2) is 71.4 Å². The second-order valence-electron chi connectivity index (χ2n) is 19.8. The molecule has 0 aliphatic carbocycles. The lowest BCUT2D eigenvalue weighted by atomic mass is 9.89. The van der Waals surface area contributed by atoms with Gasteiger partial charge in [0.25, 0.3) is 5.91 Å². The van der Waals surface area contributed by atoms with Gasteiger partial charge in [0.2, 0.25) is 0 Å². The van der Waals surface area contributed by atoms with Crippen molar-refractivity contribution in [1.82, 2.24) is 14.9 Å². The minimum atomic E-state index is -1.83. The van der Waals surface area contributed by atoms with Crippen LogP contribution in [0.4, 0.5) is 4.79 Å². The monoisotopic (exact) mass is 1250 g/mol. The number of aliphatic hydroxyl groups is 3. The van der Waals surface area contributed by atoms with Crippen LogP contribution in [0, 0.1) is 154 Å². The zero-order valence-corrected chi connectivity index (χ0v) is 52.6. The number of rotatable bonds is 16. The predicted molar refractivity (Wildman–Crippen MR) is 361 cm³/mol. The number of hydrogen-bond acceptors (Lipinski definition) is 13. The van der Waals surface area contributed by atoms with E-state index in [2.05, 4.69) is 158 Å². The Kier molecular flexibility index (Phi) is 28.0. The molecule has 1 aliphatic rings. The van der Waals surface area contributed by atoms with Gasteiger partial charge in [-0.2, -0.15) is 0 Å². The molecule has 0 bridgehead atoms. The average molecular weight is 1250 g/mol. The molecule has 1 aliphatic heterocycles. The van der Waals surface area contributed by atoms with Crippen LogP contribution >= 0.6 is 22.7 Å². The topological polar surface area (TPSA) is 169 Å². The number of aliphatic hydroxyl groups excluding tert-OH is 3. The summed E-state index contributed by atoms with van der Waals surface area (Å²) in [5.74, 6) is 60.6. The average Bonchev–Trinajstić information content (AvgIpc) is 1.63. The number of carbonyl (C=O) groups excluding carboxylic acids is 3. The Labute approximate surface area is 551 Å². The van der Waals surface area contributed by atoms with Gasteiger partial charge in [0.15, 0.2) is 17.0 Å². The van der Waals surface area contributed by atoms with E-state index < -0.39 is 59.4 Å². The number of cyclic esters (lactones) is 1. The van der Waals surface area contributed by atoms with Crippen LogP contribution in [0.25, 0.3) is 22.3 Å². The van der Waals surface area contributed by atoms with Crippen LogP contribution in [0.2, 0.25) is 0 Å². The molecule has 1 saturated heterocycles. The second-order valence-corrected chi connectivity index (χ2v) is 21.6. The Morgan fingerprint density at radius 2 is 0.892 bits per heavy atom. The highest BCUT2D eigenvalue weighted by Crippen LogP contribution is 2.45. The van der Waals surface area contributed by atoms with Crippen molar-refractivity contribution in [1.29, 1.82) is 0 Å². The van der Waals surface area contributed by atoms with Gasteiger partial charge in [0, 0.05) is 70.5 Å². The van der Waals surface area contributed by atoms with E-state index in [9.17, 15) is 29.7 Å². The lowest BCUT2D eigenvalue weighted by Gasteiger charge is -2.37. The first-order valence-electron chi connectivity index (χ1n) is 28.0. The summed E-state index contributed by atoms with van der Waals surface area (Å²) in [4.78, 5) is 49.0. The highest BCUT2D eigenvalue weighted by atomic mass is 32.1. The highest BCUT2D eigenvalue weighted by Gasteiger charge is 2.57. The van der Waals surface area contributed by atoms with Crippen molar-refractivity contribution >= 4 is 40.5 Å². The van der Waals surface area contributed by atoms with Gasteiger partial charge in [-0.3, -0.25) is 9.59 Å². The van der Waals surface area contributed by atoms with Gasteiger partial charge >= 0.3 is 6.09 Å². The van der Waals surface area contributed by atoms with E-state index in [-0.39, 0.29) is 13.2 Å². The van der Waals surface area contributed by atoms with Gasteiger partial charge < -0.3 is 29.5 Å². The van der Waals surface area contributed by atoms with Crippen molar-refractivity contribution in [2.24, 2.45) is 0 Å². The van der Waals surface area contributed by atoms with Crippen molar-refractivity contribution in [3.05, 3.63) is 189 Å². The Morgan fingerprint density at radius 3 is 1.25 bits per heavy atom. The van der Waals surface area contributed by atoms with Gasteiger partial charge in [-0.05, 0) is 168 Å². The van der Waals surface area contributed by atoms with Crippen LogP contribution in [-0.2, 0) is 37.0 Å². The Morgan fingerprint density at radius 1 is 0.548 bits per heavy atom. The minimum Gasteiger partial charge on any atom is -0.440 e. The van der Waals surface area contributed by atoms with Crippen LogP contribution in [0.3, 0.4) is 0 Å². The van der Waals surface area contributed by atoms with Gasteiger partial charge in [-0.15, -0.1) is 29.1 Å². The lowest BCUT2D eigenvalue weighted by molar-refractivity contribution is -0.175. The Bertz CT molecular complexity index is 4610. The van der Waals surface area contributed by atoms with E-state index in [0.29, 0.717) is 10.0 Å². The zero-order chi connectivity index (χ0) is 66.6. The van der Waals surface area contributed by atoms with Crippen molar-refractivity contribution in [2.75, 3.05) is 6.61 Å². The number of amides is 2. The number of ether oxygens (including phenoxy) is 3. The third-order valence-corrected chi connectivity index (χ3v) is 14.8. The van der Waals surface area contributed by atoms with Crippen LogP contribution in [0.15, 0.2) is 163 Å². The van der Waals surface area contributed by atoms with E-state index in [1.54, 1.807) is 43.9 Å². The summed E-state index contributed by atoms with van der Waals surface area (Å²) >= 11 is 2.44. The molecule has 1 fully saturated rings. The fourth-order valence-electron chi connectivity index (χ4n) is 8.38. The molecule has 5 atom stereocenters. The lowest BCUT2D eigenvalue weighted by Crippen LogP contribution is -2.54. The molecule has 2 aromatic heterocycles. The molecule has 0 spiro atoms. The van der Waals surface area contributed by atoms with E-state index in [1.165, 1.54) is 36.5 Å². The predicted octanol–water partition coefficient (Wildman–Crippen LogP) is 10.4. The molecular formula is C79H55N3O9S2. The normalized spacial score (nSPS) is 13.2. The van der Waals surface area contributed by atoms with E-state index in [4.69, 9.17) is 20.6 Å². The first-order valence-corrected chi connectivity index (χ1v) is 29.8. The Hall–Kier alpha value is -12.0. The molecule has 3 N–H and O–H groups in total. The molecule has 7 aromatic rings. The van der Waals surface area contributed by atoms with Gasteiger partial charge in [-0.25, -0.2) is 19.7 Å². The molecule has 452 valence electrons. The maximum Gasteiger partial charge on any atom is 0.417 e. The van der Waals surface area contributed by atoms with Crippen LogP contribution < -0.4 is 0 Å². The van der Waals surface area contributed by atoms with Crippen molar-refractivity contribution < 1.29 is 43.9 Å². The van der Waals surface area contributed by atoms with E-state index >= 15 is 0 Å². The molecule has 0 radical (unpaired) electrons. The third kappa shape index (κ3) is 21.4. The number of thiazole rings is 2. The molecule has 93 heavy (non-hydrogen) atoms. The maximum atomic E-state index is 14.3. The quantitative estimate of drug-likeness (QED) is 0.0788. The number of imide groups is 1. The smallest absolute Gasteiger partial charge is 0.417 e. The molecule has 8 rings (SSSR count). The molecule has 0 unspecified atom stereocenters. The number of carbonyl (C=O) groups is 3. The van der Waals surface area contributed by atoms with Gasteiger partial charge in [0.05, 0.1) is 13.2 Å². The van der Waals surface area contributed by atoms with Gasteiger partial charge in [-0.1, -0.05) is 145 Å². The SMILES string of the molecule is C#CC#CC#CC#CC#CC#CC#CC#CC#CC#CC#CC#CC#CC.CC1(C)OC(=O)N(C(=O)[C@@](C)(OCc2ccc(-c3ccccc3)cc2)[C@@H](O)c2nccs2)[C@H]1c1ccccc1.C[C@@](OCc1ccc(-c2ccccc2)cc1)(C(=O)CO)[C@@H](O)c1nccs1. The number of aromatic nitrogens is 2. The summed E-state index contributed by atoms with van der Waals surface area (Å²) in [6.45, 7) is 7.64. The minimum absolute atomic E-state index is 0.0298. The molecule has 2 amide bonds. The first kappa shape index (κ1) is 70.1. The summed E-state index contributed by atoms with van der Waals surface area (Å²) in [6.07, 6.45) is 4.57. The number of ketones is 1. The Balaban J connectivity index is 0.000000228. The number of hydrogen-bond donors (Lipinski definition) is 3. The fraction of sp³-hybridized carbons (Fsp3) is 0.177. The molecule has 14 heteroatoms.